The lowest BCUT2D eigenvalue weighted by molar-refractivity contribution is -0.138. The molecule has 0 aliphatic carbocycles. The largest absolute Gasteiger partial charge is 0.416 e. The number of hydrogen-bond acceptors (Lipinski definition) is 4. The number of carbonyl (C=O) groups is 1. The number of fused-ring (bicyclic) bond motifs is 1. The fraction of sp³-hybridized carbons (Fsp3) is 0.226. The smallest absolute Gasteiger partial charge is 0.322 e. The van der Waals surface area contributed by atoms with Crippen LogP contribution in [-0.2, 0) is 12.6 Å². The highest BCUT2D eigenvalue weighted by Crippen LogP contribution is 2.44. The molecule has 1 aromatic heterocycles. The van der Waals surface area contributed by atoms with E-state index in [9.17, 15) is 27.2 Å². The quantitative estimate of drug-likeness (QED) is 0.191. The Morgan fingerprint density at radius 3 is 2.37 bits per heavy atom. The van der Waals surface area contributed by atoms with Gasteiger partial charge >= 0.3 is 6.18 Å². The van der Waals surface area contributed by atoms with Crippen LogP contribution >= 0.6 is 11.8 Å². The second kappa shape index (κ2) is 10.9. The van der Waals surface area contributed by atoms with Crippen molar-refractivity contribution in [2.24, 2.45) is 5.73 Å². The van der Waals surface area contributed by atoms with Gasteiger partial charge in [-0.25, -0.2) is 8.78 Å². The second-order valence-corrected chi connectivity index (χ2v) is 10.9. The number of nitrogens with zero attached hydrogens (tertiary/aromatic N) is 1. The van der Waals surface area contributed by atoms with E-state index >= 15 is 4.39 Å². The van der Waals surface area contributed by atoms with E-state index in [2.05, 4.69) is 0 Å². The summed E-state index contributed by atoms with van der Waals surface area (Å²) >= 11 is 1.24. The predicted octanol–water partition coefficient (Wildman–Crippen LogP) is 7.26. The number of pyridine rings is 1. The lowest BCUT2D eigenvalue weighted by Crippen LogP contribution is -2.33. The van der Waals surface area contributed by atoms with Crippen LogP contribution in [0.3, 0.4) is 0 Å². The SMILES string of the molecule is CC(=O)c1cccc(-c2c(C)c(Cc3c(F)cccc3C(F)(F)F)c3n(c2=O)C(C(N)c2ccccc2)CS3)c1F. The topological polar surface area (TPSA) is 65.1 Å². The van der Waals surface area contributed by atoms with Gasteiger partial charge in [0.2, 0.25) is 0 Å². The first-order valence-electron chi connectivity index (χ1n) is 12.8. The molecule has 1 aliphatic heterocycles. The minimum Gasteiger partial charge on any atom is -0.322 e. The van der Waals surface area contributed by atoms with Crippen LogP contribution in [-0.4, -0.2) is 16.1 Å². The molecule has 4 nitrogen and oxygen atoms in total. The summed E-state index contributed by atoms with van der Waals surface area (Å²) in [6, 6.07) is 14.6. The number of hydrogen-bond donors (Lipinski definition) is 1. The number of alkyl halides is 3. The number of thioether (sulfide) groups is 1. The molecular formula is C31H25F5N2O2S. The number of halogens is 5. The van der Waals surface area contributed by atoms with Crippen LogP contribution in [0.15, 0.2) is 76.6 Å². The molecule has 3 aromatic carbocycles. The van der Waals surface area contributed by atoms with Gasteiger partial charge in [-0.2, -0.15) is 13.2 Å². The lowest BCUT2D eigenvalue weighted by Gasteiger charge is -2.25. The van der Waals surface area contributed by atoms with E-state index in [1.165, 1.54) is 48.4 Å². The lowest BCUT2D eigenvalue weighted by atomic mass is 9.91. The average molecular weight is 585 g/mol. The zero-order valence-electron chi connectivity index (χ0n) is 22.1. The van der Waals surface area contributed by atoms with Gasteiger partial charge in [-0.05, 0) is 48.7 Å². The Labute approximate surface area is 237 Å². The van der Waals surface area contributed by atoms with Gasteiger partial charge in [-0.15, -0.1) is 11.8 Å². The molecule has 0 amide bonds. The van der Waals surface area contributed by atoms with E-state index in [4.69, 9.17) is 5.73 Å². The van der Waals surface area contributed by atoms with Gasteiger partial charge in [0.05, 0.1) is 33.8 Å². The molecule has 0 bridgehead atoms. The number of Topliss-reactive ketones (excluding diaryl/α,β-unsaturated/α-hetero) is 1. The van der Waals surface area contributed by atoms with Gasteiger partial charge in [0.15, 0.2) is 5.78 Å². The van der Waals surface area contributed by atoms with E-state index in [0.717, 1.165) is 23.8 Å². The number of carbonyl (C=O) groups excluding carboxylic acids is 1. The van der Waals surface area contributed by atoms with Crippen LogP contribution in [0.5, 0.6) is 0 Å². The summed E-state index contributed by atoms with van der Waals surface area (Å²) in [5.41, 5.74) is 5.02. The molecule has 2 atom stereocenters. The van der Waals surface area contributed by atoms with E-state index < -0.39 is 58.8 Å². The Hall–Kier alpha value is -3.76. The maximum absolute atomic E-state index is 15.7. The minimum absolute atomic E-state index is 0.109. The highest BCUT2D eigenvalue weighted by atomic mass is 32.2. The monoisotopic (exact) mass is 584 g/mol. The predicted molar refractivity (Wildman–Crippen MR) is 148 cm³/mol. The van der Waals surface area contributed by atoms with Gasteiger partial charge < -0.3 is 5.73 Å². The molecule has 2 heterocycles. The molecule has 1 aliphatic rings. The zero-order chi connectivity index (χ0) is 29.6. The number of nitrogens with two attached hydrogens (primary N) is 1. The Bertz CT molecular complexity index is 1720. The summed E-state index contributed by atoms with van der Waals surface area (Å²) in [7, 11) is 0. The fourth-order valence-electron chi connectivity index (χ4n) is 5.39. The van der Waals surface area contributed by atoms with Crippen molar-refractivity contribution in [1.29, 1.82) is 0 Å². The molecule has 2 unspecified atom stereocenters. The van der Waals surface area contributed by atoms with Crippen LogP contribution in [0.4, 0.5) is 22.0 Å². The molecule has 5 rings (SSSR count). The molecule has 0 radical (unpaired) electrons. The van der Waals surface area contributed by atoms with Crippen LogP contribution in [0.25, 0.3) is 11.1 Å². The summed E-state index contributed by atoms with van der Waals surface area (Å²) in [6.45, 7) is 2.70. The standard InChI is InChI=1S/C31H25F5N2O2S/c1-16-21(14-22-23(31(34,35)36)12-7-13-24(22)32)30-38(25(15-41-30)28(37)18-8-4-3-5-9-18)29(40)26(16)20-11-6-10-19(17(2)39)27(20)33/h3-13,25,28H,14-15,37H2,1-2H3. The van der Waals surface area contributed by atoms with Crippen LogP contribution in [0, 0.1) is 18.6 Å². The van der Waals surface area contributed by atoms with Gasteiger partial charge in [0.25, 0.3) is 5.56 Å². The third-order valence-corrected chi connectivity index (χ3v) is 8.71. The third kappa shape index (κ3) is 5.10. The normalized spacial score (nSPS) is 15.6. The van der Waals surface area contributed by atoms with E-state index in [1.807, 2.05) is 6.07 Å². The first-order chi connectivity index (χ1) is 19.4. The molecule has 212 valence electrons. The second-order valence-electron chi connectivity index (χ2n) is 9.94. The molecule has 0 saturated heterocycles. The molecule has 0 saturated carbocycles. The maximum Gasteiger partial charge on any atom is 0.416 e. The van der Waals surface area contributed by atoms with E-state index in [0.29, 0.717) is 10.8 Å². The molecule has 0 spiro atoms. The fourth-order valence-corrected chi connectivity index (χ4v) is 6.83. The van der Waals surface area contributed by atoms with Crippen molar-refractivity contribution >= 4 is 17.5 Å². The van der Waals surface area contributed by atoms with Gasteiger partial charge in [-0.1, -0.05) is 48.5 Å². The molecular weight excluding hydrogens is 559 g/mol. The van der Waals surface area contributed by atoms with Crippen molar-refractivity contribution in [3.05, 3.63) is 122 Å². The zero-order valence-corrected chi connectivity index (χ0v) is 22.9. The molecule has 2 N–H and O–H groups in total. The first-order valence-corrected chi connectivity index (χ1v) is 13.8. The van der Waals surface area contributed by atoms with Crippen LogP contribution < -0.4 is 11.3 Å². The van der Waals surface area contributed by atoms with Crippen molar-refractivity contribution in [2.75, 3.05) is 5.75 Å². The molecule has 41 heavy (non-hydrogen) atoms. The van der Waals surface area contributed by atoms with Crippen molar-refractivity contribution < 1.29 is 26.7 Å². The van der Waals surface area contributed by atoms with Crippen molar-refractivity contribution in [3.63, 3.8) is 0 Å². The molecule has 4 aromatic rings. The summed E-state index contributed by atoms with van der Waals surface area (Å²) in [5, 5.41) is 0.354. The van der Waals surface area contributed by atoms with Crippen molar-refractivity contribution in [1.82, 2.24) is 4.57 Å². The summed E-state index contributed by atoms with van der Waals surface area (Å²) in [6.07, 6.45) is -5.32. The Morgan fingerprint density at radius 2 is 1.71 bits per heavy atom. The highest BCUT2D eigenvalue weighted by Gasteiger charge is 2.38. The Balaban J connectivity index is 1.80. The number of aromatic nitrogens is 1. The summed E-state index contributed by atoms with van der Waals surface area (Å²) in [4.78, 5) is 26.2. The van der Waals surface area contributed by atoms with Crippen LogP contribution in [0.2, 0.25) is 0 Å². The summed E-state index contributed by atoms with van der Waals surface area (Å²) in [5.74, 6) is -2.19. The van der Waals surface area contributed by atoms with Crippen molar-refractivity contribution in [3.8, 4) is 11.1 Å². The average Bonchev–Trinajstić information content (AvgIpc) is 3.37. The van der Waals surface area contributed by atoms with Crippen LogP contribution in [0.1, 0.15) is 57.2 Å². The number of rotatable bonds is 6. The van der Waals surface area contributed by atoms with Gasteiger partial charge in [0.1, 0.15) is 11.6 Å². The van der Waals surface area contributed by atoms with Crippen molar-refractivity contribution in [2.45, 2.75) is 43.6 Å². The van der Waals surface area contributed by atoms with Gasteiger partial charge in [-0.3, -0.25) is 14.2 Å². The maximum atomic E-state index is 15.7. The third-order valence-electron chi connectivity index (χ3n) is 7.48. The molecule has 0 fully saturated rings. The Morgan fingerprint density at radius 1 is 1.02 bits per heavy atom. The molecule has 10 heteroatoms. The number of benzene rings is 3. The van der Waals surface area contributed by atoms with Gasteiger partial charge in [0, 0.05) is 23.3 Å². The van der Waals surface area contributed by atoms with E-state index in [1.54, 1.807) is 24.3 Å². The number of ketones is 1. The summed E-state index contributed by atoms with van der Waals surface area (Å²) < 4.78 is 73.8. The first kappa shape index (κ1) is 28.8. The van der Waals surface area contributed by atoms with E-state index in [-0.39, 0.29) is 27.8 Å². The highest BCUT2D eigenvalue weighted by molar-refractivity contribution is 7.99. The minimum atomic E-state index is -4.82. The Kier molecular flexibility index (Phi) is 7.65.